The zero-order chi connectivity index (χ0) is 10.7. The first kappa shape index (κ1) is 11.1. The van der Waals surface area contributed by atoms with E-state index in [1.165, 1.54) is 0 Å². The molecule has 0 spiro atoms. The van der Waals surface area contributed by atoms with Gasteiger partial charge < -0.3 is 4.74 Å². The lowest BCUT2D eigenvalue weighted by atomic mass is 10.1. The van der Waals surface area contributed by atoms with Gasteiger partial charge in [0.15, 0.2) is 0 Å². The molecule has 0 aromatic heterocycles. The van der Waals surface area contributed by atoms with Crippen LogP contribution < -0.4 is 0 Å². The topological polar surface area (TPSA) is 26.3 Å². The van der Waals surface area contributed by atoms with Gasteiger partial charge in [-0.1, -0.05) is 11.6 Å². The van der Waals surface area contributed by atoms with Gasteiger partial charge in [0.2, 0.25) is 0 Å². The largest absolute Gasteiger partial charge is 0.462 e. The molecule has 1 rings (SSSR count). The standard InChI is InChI=1S/C11H13ClO2/c1-4-14-11(13)9-5-7(2)6-10(12)8(9)3/h5-6H,4H2,1-3H3. The number of halogens is 1. The van der Waals surface area contributed by atoms with Crippen molar-refractivity contribution in [2.45, 2.75) is 20.8 Å². The van der Waals surface area contributed by atoms with Gasteiger partial charge in [-0.05, 0) is 44.0 Å². The first-order valence-electron chi connectivity index (χ1n) is 4.50. The molecule has 0 fully saturated rings. The molecule has 1 aromatic carbocycles. The molecule has 1 aromatic rings. The minimum absolute atomic E-state index is 0.310. The normalized spacial score (nSPS) is 10.0. The Morgan fingerprint density at radius 1 is 1.43 bits per heavy atom. The van der Waals surface area contributed by atoms with Gasteiger partial charge in [-0.15, -0.1) is 0 Å². The second-order valence-electron chi connectivity index (χ2n) is 3.14. The minimum atomic E-state index is -0.310. The maximum absolute atomic E-state index is 11.5. The zero-order valence-electron chi connectivity index (χ0n) is 8.56. The summed E-state index contributed by atoms with van der Waals surface area (Å²) >= 11 is 5.96. The predicted octanol–water partition coefficient (Wildman–Crippen LogP) is 3.13. The monoisotopic (exact) mass is 212 g/mol. The smallest absolute Gasteiger partial charge is 0.338 e. The fraction of sp³-hybridized carbons (Fsp3) is 0.364. The highest BCUT2D eigenvalue weighted by molar-refractivity contribution is 6.31. The maximum Gasteiger partial charge on any atom is 0.338 e. The number of carbonyl (C=O) groups excluding carboxylic acids is 1. The lowest BCUT2D eigenvalue weighted by Gasteiger charge is -2.08. The Morgan fingerprint density at radius 2 is 2.07 bits per heavy atom. The molecule has 0 saturated heterocycles. The molecular weight excluding hydrogens is 200 g/mol. The number of benzene rings is 1. The summed E-state index contributed by atoms with van der Waals surface area (Å²) in [5.41, 5.74) is 2.29. The highest BCUT2D eigenvalue weighted by Gasteiger charge is 2.12. The van der Waals surface area contributed by atoms with E-state index in [9.17, 15) is 4.79 Å². The molecule has 0 aliphatic heterocycles. The molecule has 0 bridgehead atoms. The summed E-state index contributed by atoms with van der Waals surface area (Å²) in [4.78, 5) is 11.5. The highest BCUT2D eigenvalue weighted by Crippen LogP contribution is 2.21. The van der Waals surface area contributed by atoms with Crippen molar-refractivity contribution in [2.24, 2.45) is 0 Å². The van der Waals surface area contributed by atoms with Crippen molar-refractivity contribution >= 4 is 17.6 Å². The summed E-state index contributed by atoms with van der Waals surface area (Å²) < 4.78 is 4.92. The van der Waals surface area contributed by atoms with E-state index in [1.807, 2.05) is 19.9 Å². The van der Waals surface area contributed by atoms with E-state index in [2.05, 4.69) is 0 Å². The Hall–Kier alpha value is -1.02. The molecule has 0 unspecified atom stereocenters. The summed E-state index contributed by atoms with van der Waals surface area (Å²) in [7, 11) is 0. The number of rotatable bonds is 2. The first-order valence-corrected chi connectivity index (χ1v) is 4.88. The Balaban J connectivity index is 3.13. The molecule has 0 heterocycles. The summed E-state index contributed by atoms with van der Waals surface area (Å²) in [6.07, 6.45) is 0. The molecule has 0 aliphatic rings. The molecule has 0 amide bonds. The Morgan fingerprint density at radius 3 is 2.64 bits per heavy atom. The van der Waals surface area contributed by atoms with Gasteiger partial charge in [-0.2, -0.15) is 0 Å². The minimum Gasteiger partial charge on any atom is -0.462 e. The second-order valence-corrected chi connectivity index (χ2v) is 3.55. The number of hydrogen-bond acceptors (Lipinski definition) is 2. The molecule has 0 radical (unpaired) electrons. The molecule has 0 N–H and O–H groups in total. The van der Waals surface area contributed by atoms with Crippen LogP contribution in [0.15, 0.2) is 12.1 Å². The van der Waals surface area contributed by atoms with Crippen molar-refractivity contribution in [2.75, 3.05) is 6.61 Å². The molecule has 0 saturated carbocycles. The number of carbonyl (C=O) groups is 1. The number of aryl methyl sites for hydroxylation is 1. The van der Waals surface area contributed by atoms with Crippen molar-refractivity contribution < 1.29 is 9.53 Å². The number of esters is 1. The Labute approximate surface area is 88.8 Å². The molecule has 14 heavy (non-hydrogen) atoms. The molecule has 3 heteroatoms. The summed E-state index contributed by atoms with van der Waals surface area (Å²) in [5.74, 6) is -0.310. The lowest BCUT2D eigenvalue weighted by Crippen LogP contribution is -2.07. The van der Waals surface area contributed by atoms with Gasteiger partial charge in [0.25, 0.3) is 0 Å². The van der Waals surface area contributed by atoms with E-state index < -0.39 is 0 Å². The van der Waals surface area contributed by atoms with Crippen molar-refractivity contribution in [3.63, 3.8) is 0 Å². The first-order chi connectivity index (χ1) is 6.56. The highest BCUT2D eigenvalue weighted by atomic mass is 35.5. The van der Waals surface area contributed by atoms with Gasteiger partial charge in [0, 0.05) is 5.02 Å². The van der Waals surface area contributed by atoms with Crippen LogP contribution in [0, 0.1) is 13.8 Å². The van der Waals surface area contributed by atoms with Crippen molar-refractivity contribution in [1.29, 1.82) is 0 Å². The van der Waals surface area contributed by atoms with Crippen LogP contribution in [0.2, 0.25) is 5.02 Å². The van der Waals surface area contributed by atoms with Crippen molar-refractivity contribution in [3.8, 4) is 0 Å². The van der Waals surface area contributed by atoms with Crippen LogP contribution in [0.25, 0.3) is 0 Å². The number of hydrogen-bond donors (Lipinski definition) is 0. The summed E-state index contributed by atoms with van der Waals surface area (Å²) in [5, 5.41) is 0.605. The van der Waals surface area contributed by atoms with E-state index >= 15 is 0 Å². The van der Waals surface area contributed by atoms with Gasteiger partial charge in [-0.25, -0.2) is 4.79 Å². The Bertz CT molecular complexity index is 359. The van der Waals surface area contributed by atoms with Crippen LogP contribution in [-0.2, 0) is 4.74 Å². The molecule has 2 nitrogen and oxygen atoms in total. The maximum atomic E-state index is 11.5. The van der Waals surface area contributed by atoms with E-state index in [-0.39, 0.29) is 5.97 Å². The van der Waals surface area contributed by atoms with Crippen LogP contribution in [-0.4, -0.2) is 12.6 Å². The SMILES string of the molecule is CCOC(=O)c1cc(C)cc(Cl)c1C. The quantitative estimate of drug-likeness (QED) is 0.704. The van der Waals surface area contributed by atoms with E-state index in [0.717, 1.165) is 11.1 Å². The summed E-state index contributed by atoms with van der Waals surface area (Å²) in [6, 6.07) is 3.62. The van der Waals surface area contributed by atoms with Crippen LogP contribution in [0.3, 0.4) is 0 Å². The van der Waals surface area contributed by atoms with E-state index in [4.69, 9.17) is 16.3 Å². The van der Waals surface area contributed by atoms with Crippen LogP contribution in [0.5, 0.6) is 0 Å². The molecular formula is C11H13ClO2. The van der Waals surface area contributed by atoms with E-state index in [0.29, 0.717) is 17.2 Å². The van der Waals surface area contributed by atoms with Crippen molar-refractivity contribution in [1.82, 2.24) is 0 Å². The van der Waals surface area contributed by atoms with Gasteiger partial charge in [-0.3, -0.25) is 0 Å². The third kappa shape index (κ3) is 2.26. The number of ether oxygens (including phenoxy) is 1. The fourth-order valence-corrected chi connectivity index (χ4v) is 1.51. The Kier molecular flexibility index (Phi) is 3.53. The van der Waals surface area contributed by atoms with Gasteiger partial charge in [0.1, 0.15) is 0 Å². The molecule has 76 valence electrons. The third-order valence-corrected chi connectivity index (χ3v) is 2.38. The average Bonchev–Trinajstić information content (AvgIpc) is 2.11. The summed E-state index contributed by atoms with van der Waals surface area (Å²) in [6.45, 7) is 5.87. The average molecular weight is 213 g/mol. The van der Waals surface area contributed by atoms with Gasteiger partial charge >= 0.3 is 5.97 Å². The molecule has 0 atom stereocenters. The van der Waals surface area contributed by atoms with Crippen molar-refractivity contribution in [3.05, 3.63) is 33.8 Å². The van der Waals surface area contributed by atoms with Crippen LogP contribution in [0.1, 0.15) is 28.4 Å². The van der Waals surface area contributed by atoms with E-state index in [1.54, 1.807) is 13.0 Å². The fourth-order valence-electron chi connectivity index (χ4n) is 1.24. The second kappa shape index (κ2) is 4.47. The predicted molar refractivity (Wildman–Crippen MR) is 56.9 cm³/mol. The third-order valence-electron chi connectivity index (χ3n) is 1.98. The zero-order valence-corrected chi connectivity index (χ0v) is 9.31. The van der Waals surface area contributed by atoms with Gasteiger partial charge in [0.05, 0.1) is 12.2 Å². The van der Waals surface area contributed by atoms with Crippen LogP contribution >= 0.6 is 11.6 Å². The molecule has 0 aliphatic carbocycles. The van der Waals surface area contributed by atoms with Crippen LogP contribution in [0.4, 0.5) is 0 Å². The lowest BCUT2D eigenvalue weighted by molar-refractivity contribution is 0.0525.